The van der Waals surface area contributed by atoms with Crippen molar-refractivity contribution < 1.29 is 4.79 Å². The van der Waals surface area contributed by atoms with Crippen LogP contribution in [0.5, 0.6) is 0 Å². The molecule has 108 valence electrons. The van der Waals surface area contributed by atoms with Crippen LogP contribution in [0.3, 0.4) is 0 Å². The molecule has 3 nitrogen and oxygen atoms in total. The molecule has 1 aliphatic heterocycles. The van der Waals surface area contributed by atoms with Crippen molar-refractivity contribution in [3.8, 4) is 0 Å². The molecule has 1 amide bonds. The molecule has 0 saturated carbocycles. The molecule has 2 N–H and O–H groups in total. The van der Waals surface area contributed by atoms with Crippen molar-refractivity contribution in [2.45, 2.75) is 12.3 Å². The Bertz CT molecular complexity index is 654. The zero-order valence-electron chi connectivity index (χ0n) is 11.6. The van der Waals surface area contributed by atoms with Crippen molar-refractivity contribution in [3.63, 3.8) is 0 Å². The van der Waals surface area contributed by atoms with E-state index in [4.69, 9.17) is 5.73 Å². The number of benzene rings is 2. The van der Waals surface area contributed by atoms with Gasteiger partial charge in [0.25, 0.3) is 5.91 Å². The number of rotatable bonds is 3. The predicted octanol–water partition coefficient (Wildman–Crippen LogP) is 3.54. The summed E-state index contributed by atoms with van der Waals surface area (Å²) >= 11 is 3.40. The minimum absolute atomic E-state index is 0.0504. The largest absolute Gasteiger partial charge is 0.330 e. The van der Waals surface area contributed by atoms with E-state index in [0.29, 0.717) is 24.6 Å². The summed E-state index contributed by atoms with van der Waals surface area (Å²) in [4.78, 5) is 14.6. The van der Waals surface area contributed by atoms with Gasteiger partial charge in [-0.1, -0.05) is 34.1 Å². The fourth-order valence-corrected chi connectivity index (χ4v) is 3.15. The second kappa shape index (κ2) is 6.00. The lowest BCUT2D eigenvalue weighted by Crippen LogP contribution is -2.30. The Labute approximate surface area is 132 Å². The third-order valence-corrected chi connectivity index (χ3v) is 4.45. The Morgan fingerprint density at radius 1 is 1.19 bits per heavy atom. The molecular formula is C17H17BrN2O. The van der Waals surface area contributed by atoms with Gasteiger partial charge in [-0.2, -0.15) is 0 Å². The van der Waals surface area contributed by atoms with Gasteiger partial charge in [-0.3, -0.25) is 4.79 Å². The number of para-hydroxylation sites is 1. The lowest BCUT2D eigenvalue weighted by molar-refractivity contribution is 0.0988. The van der Waals surface area contributed by atoms with Gasteiger partial charge >= 0.3 is 0 Å². The molecule has 4 heteroatoms. The number of amides is 1. The smallest absolute Gasteiger partial charge is 0.258 e. The van der Waals surface area contributed by atoms with Crippen molar-refractivity contribution in [3.05, 3.63) is 64.1 Å². The lowest BCUT2D eigenvalue weighted by Gasteiger charge is -2.18. The molecule has 1 unspecified atom stereocenters. The Hall–Kier alpha value is -1.65. The van der Waals surface area contributed by atoms with E-state index in [0.717, 1.165) is 16.6 Å². The number of nitrogens with zero attached hydrogens (tertiary/aromatic N) is 1. The molecule has 1 atom stereocenters. The maximum absolute atomic E-state index is 12.8. The van der Waals surface area contributed by atoms with Crippen LogP contribution in [0.15, 0.2) is 53.0 Å². The van der Waals surface area contributed by atoms with Crippen LogP contribution >= 0.6 is 15.9 Å². The number of nitrogens with two attached hydrogens (primary N) is 1. The van der Waals surface area contributed by atoms with Gasteiger partial charge in [-0.25, -0.2) is 0 Å². The summed E-state index contributed by atoms with van der Waals surface area (Å²) in [5.41, 5.74) is 8.66. The first kappa shape index (κ1) is 14.3. The summed E-state index contributed by atoms with van der Waals surface area (Å²) < 4.78 is 0.974. The quantitative estimate of drug-likeness (QED) is 0.925. The molecule has 0 radical (unpaired) electrons. The molecule has 0 spiro atoms. The van der Waals surface area contributed by atoms with Gasteiger partial charge in [0.15, 0.2) is 0 Å². The van der Waals surface area contributed by atoms with Gasteiger partial charge in [-0.15, -0.1) is 0 Å². The molecule has 0 saturated heterocycles. The van der Waals surface area contributed by atoms with E-state index in [1.807, 2.05) is 47.4 Å². The van der Waals surface area contributed by atoms with E-state index in [1.54, 1.807) is 0 Å². The molecule has 2 aromatic carbocycles. The highest BCUT2D eigenvalue weighted by atomic mass is 79.9. The molecule has 21 heavy (non-hydrogen) atoms. The van der Waals surface area contributed by atoms with Crippen molar-refractivity contribution in [1.29, 1.82) is 0 Å². The van der Waals surface area contributed by atoms with Gasteiger partial charge < -0.3 is 10.6 Å². The van der Waals surface area contributed by atoms with E-state index in [-0.39, 0.29) is 5.91 Å². The summed E-state index contributed by atoms with van der Waals surface area (Å²) in [5, 5.41) is 0. The molecule has 0 fully saturated rings. The zero-order chi connectivity index (χ0) is 14.8. The first-order valence-corrected chi connectivity index (χ1v) is 7.86. The van der Waals surface area contributed by atoms with E-state index in [2.05, 4.69) is 22.0 Å². The second-order valence-electron chi connectivity index (χ2n) is 5.26. The van der Waals surface area contributed by atoms with Gasteiger partial charge in [0.05, 0.1) is 0 Å². The van der Waals surface area contributed by atoms with E-state index < -0.39 is 0 Å². The molecular weight excluding hydrogens is 328 g/mol. The number of anilines is 1. The lowest BCUT2D eigenvalue weighted by atomic mass is 9.98. The van der Waals surface area contributed by atoms with Crippen LogP contribution in [0, 0.1) is 0 Å². The van der Waals surface area contributed by atoms with Crippen LogP contribution in [0.4, 0.5) is 5.69 Å². The van der Waals surface area contributed by atoms with Crippen LogP contribution < -0.4 is 10.6 Å². The normalized spacial score (nSPS) is 16.9. The van der Waals surface area contributed by atoms with E-state index >= 15 is 0 Å². The third kappa shape index (κ3) is 2.74. The van der Waals surface area contributed by atoms with Crippen molar-refractivity contribution in [1.82, 2.24) is 0 Å². The fourth-order valence-electron chi connectivity index (χ4n) is 2.88. The molecule has 1 aliphatic rings. The number of hydrogen-bond acceptors (Lipinski definition) is 2. The number of fused-ring (bicyclic) bond motifs is 1. The second-order valence-corrected chi connectivity index (χ2v) is 6.17. The standard InChI is InChI=1S/C17H17BrN2O/c18-14-7-5-12(6-8-14)17(21)20-11-13(9-10-19)15-3-1-2-4-16(15)20/h1-8,13H,9-11,19H2. The van der Waals surface area contributed by atoms with Gasteiger partial charge in [0.2, 0.25) is 0 Å². The average Bonchev–Trinajstić information content (AvgIpc) is 2.87. The van der Waals surface area contributed by atoms with Crippen molar-refractivity contribution in [2.24, 2.45) is 5.73 Å². The van der Waals surface area contributed by atoms with E-state index in [9.17, 15) is 4.79 Å². The number of carbonyl (C=O) groups excluding carboxylic acids is 1. The fraction of sp³-hybridized carbons (Fsp3) is 0.235. The minimum Gasteiger partial charge on any atom is -0.330 e. The number of hydrogen-bond donors (Lipinski definition) is 1. The molecule has 2 aromatic rings. The van der Waals surface area contributed by atoms with Gasteiger partial charge in [0, 0.05) is 28.2 Å². The predicted molar refractivity (Wildman–Crippen MR) is 88.7 cm³/mol. The molecule has 3 rings (SSSR count). The zero-order valence-corrected chi connectivity index (χ0v) is 13.2. The van der Waals surface area contributed by atoms with Gasteiger partial charge in [-0.05, 0) is 48.9 Å². The van der Waals surface area contributed by atoms with Crippen LogP contribution in [0.1, 0.15) is 28.3 Å². The van der Waals surface area contributed by atoms with Crippen LogP contribution in [-0.4, -0.2) is 19.0 Å². The van der Waals surface area contributed by atoms with Gasteiger partial charge in [0.1, 0.15) is 0 Å². The highest BCUT2D eigenvalue weighted by Crippen LogP contribution is 2.38. The topological polar surface area (TPSA) is 46.3 Å². The summed E-state index contributed by atoms with van der Waals surface area (Å²) in [7, 11) is 0. The summed E-state index contributed by atoms with van der Waals surface area (Å²) in [6, 6.07) is 15.6. The van der Waals surface area contributed by atoms with E-state index in [1.165, 1.54) is 5.56 Å². The Balaban J connectivity index is 1.92. The Morgan fingerprint density at radius 2 is 1.90 bits per heavy atom. The molecule has 0 aromatic heterocycles. The minimum atomic E-state index is 0.0504. The van der Waals surface area contributed by atoms with Crippen molar-refractivity contribution >= 4 is 27.5 Å². The highest BCUT2D eigenvalue weighted by molar-refractivity contribution is 9.10. The Morgan fingerprint density at radius 3 is 2.62 bits per heavy atom. The summed E-state index contributed by atoms with van der Waals surface area (Å²) in [6.07, 6.45) is 0.904. The first-order chi connectivity index (χ1) is 10.2. The third-order valence-electron chi connectivity index (χ3n) is 3.92. The number of halogens is 1. The monoisotopic (exact) mass is 344 g/mol. The molecule has 0 bridgehead atoms. The SMILES string of the molecule is NCCC1CN(C(=O)c2ccc(Br)cc2)c2ccccc21. The van der Waals surface area contributed by atoms with Crippen molar-refractivity contribution in [2.75, 3.05) is 18.0 Å². The van der Waals surface area contributed by atoms with Crippen LogP contribution in [-0.2, 0) is 0 Å². The maximum Gasteiger partial charge on any atom is 0.258 e. The summed E-state index contributed by atoms with van der Waals surface area (Å²) in [5.74, 6) is 0.389. The molecule has 1 heterocycles. The average molecular weight is 345 g/mol. The van der Waals surface area contributed by atoms with Crippen LogP contribution in [0.25, 0.3) is 0 Å². The molecule has 0 aliphatic carbocycles. The van der Waals surface area contributed by atoms with Crippen LogP contribution in [0.2, 0.25) is 0 Å². The summed E-state index contributed by atoms with van der Waals surface area (Å²) in [6.45, 7) is 1.35. The Kier molecular flexibility index (Phi) is 4.08. The number of carbonyl (C=O) groups is 1. The highest BCUT2D eigenvalue weighted by Gasteiger charge is 2.31. The first-order valence-electron chi connectivity index (χ1n) is 7.07. The maximum atomic E-state index is 12.8.